The number of carbonyl (C=O) groups is 1. The third-order valence-corrected chi connectivity index (χ3v) is 3.23. The highest BCUT2D eigenvalue weighted by molar-refractivity contribution is 6.31. The number of ether oxygens (including phenoxy) is 1. The standard InChI is InChI=1S/C14H13ClFN3O2/c1-3-7-21-14(20)13-9(2)19(18-17-13)8-10-11(15)5-4-6-12(10)16/h3-6H,1,7-8H2,2H3. The van der Waals surface area contributed by atoms with Crippen molar-refractivity contribution in [3.8, 4) is 0 Å². The molecule has 0 unspecified atom stereocenters. The topological polar surface area (TPSA) is 57.0 Å². The zero-order valence-electron chi connectivity index (χ0n) is 11.3. The fraction of sp³-hybridized carbons (Fsp3) is 0.214. The minimum atomic E-state index is -0.599. The van der Waals surface area contributed by atoms with Crippen molar-refractivity contribution in [2.75, 3.05) is 6.61 Å². The quantitative estimate of drug-likeness (QED) is 0.629. The Labute approximate surface area is 126 Å². The van der Waals surface area contributed by atoms with Crippen molar-refractivity contribution >= 4 is 17.6 Å². The molecule has 0 spiro atoms. The third kappa shape index (κ3) is 3.28. The van der Waals surface area contributed by atoms with Gasteiger partial charge in [0.1, 0.15) is 12.4 Å². The van der Waals surface area contributed by atoms with Crippen LogP contribution in [0.5, 0.6) is 0 Å². The van der Waals surface area contributed by atoms with E-state index in [4.69, 9.17) is 16.3 Å². The average Bonchev–Trinajstić information content (AvgIpc) is 2.82. The molecule has 0 aliphatic carbocycles. The maximum absolute atomic E-state index is 13.8. The minimum absolute atomic E-state index is 0.0824. The van der Waals surface area contributed by atoms with Gasteiger partial charge in [-0.25, -0.2) is 13.9 Å². The number of carbonyl (C=O) groups excluding carboxylic acids is 1. The second-order valence-corrected chi connectivity index (χ2v) is 4.68. The summed E-state index contributed by atoms with van der Waals surface area (Å²) in [6.45, 7) is 5.28. The first-order valence-corrected chi connectivity index (χ1v) is 6.53. The van der Waals surface area contributed by atoms with Gasteiger partial charge in [-0.1, -0.05) is 35.5 Å². The molecule has 0 N–H and O–H groups in total. The molecule has 1 heterocycles. The summed E-state index contributed by atoms with van der Waals surface area (Å²) in [6.07, 6.45) is 1.46. The molecular formula is C14H13ClFN3O2. The summed E-state index contributed by atoms with van der Waals surface area (Å²) >= 11 is 5.97. The van der Waals surface area contributed by atoms with Crippen LogP contribution in [0.1, 0.15) is 21.7 Å². The molecule has 0 fully saturated rings. The largest absolute Gasteiger partial charge is 0.457 e. The van der Waals surface area contributed by atoms with Crippen LogP contribution in [0.15, 0.2) is 30.9 Å². The first kappa shape index (κ1) is 15.2. The van der Waals surface area contributed by atoms with E-state index in [1.807, 2.05) is 0 Å². The summed E-state index contributed by atoms with van der Waals surface area (Å²) in [4.78, 5) is 11.7. The van der Waals surface area contributed by atoms with E-state index in [1.165, 1.54) is 22.9 Å². The van der Waals surface area contributed by atoms with E-state index >= 15 is 0 Å². The van der Waals surface area contributed by atoms with Crippen molar-refractivity contribution in [3.63, 3.8) is 0 Å². The number of benzene rings is 1. The molecule has 2 rings (SSSR count). The minimum Gasteiger partial charge on any atom is -0.457 e. The summed E-state index contributed by atoms with van der Waals surface area (Å²) in [6, 6.07) is 4.42. The van der Waals surface area contributed by atoms with Crippen molar-refractivity contribution in [1.82, 2.24) is 15.0 Å². The summed E-state index contributed by atoms with van der Waals surface area (Å²) in [5.41, 5.74) is 0.853. The van der Waals surface area contributed by atoms with Crippen LogP contribution in [-0.2, 0) is 11.3 Å². The smallest absolute Gasteiger partial charge is 0.361 e. The Kier molecular flexibility index (Phi) is 4.70. The van der Waals surface area contributed by atoms with Crippen LogP contribution in [0.2, 0.25) is 5.02 Å². The fourth-order valence-corrected chi connectivity index (χ4v) is 1.96. The Morgan fingerprint density at radius 1 is 1.57 bits per heavy atom. The van der Waals surface area contributed by atoms with Crippen molar-refractivity contribution in [3.05, 3.63) is 58.6 Å². The monoisotopic (exact) mass is 309 g/mol. The highest BCUT2D eigenvalue weighted by atomic mass is 35.5. The maximum Gasteiger partial charge on any atom is 0.361 e. The van der Waals surface area contributed by atoms with Gasteiger partial charge in [-0.15, -0.1) is 5.10 Å². The van der Waals surface area contributed by atoms with E-state index < -0.39 is 11.8 Å². The van der Waals surface area contributed by atoms with Gasteiger partial charge in [0.2, 0.25) is 0 Å². The second-order valence-electron chi connectivity index (χ2n) is 4.27. The molecule has 0 amide bonds. The summed E-state index contributed by atoms with van der Waals surface area (Å²) in [7, 11) is 0. The molecule has 0 saturated carbocycles. The van der Waals surface area contributed by atoms with Crippen molar-refractivity contribution in [2.24, 2.45) is 0 Å². The summed E-state index contributed by atoms with van der Waals surface area (Å²) < 4.78 is 20.0. The van der Waals surface area contributed by atoms with Gasteiger partial charge in [0.25, 0.3) is 0 Å². The van der Waals surface area contributed by atoms with Crippen LogP contribution < -0.4 is 0 Å². The second kappa shape index (κ2) is 6.49. The predicted molar refractivity (Wildman–Crippen MR) is 75.8 cm³/mol. The van der Waals surface area contributed by atoms with Crippen molar-refractivity contribution in [1.29, 1.82) is 0 Å². The van der Waals surface area contributed by atoms with Crippen LogP contribution >= 0.6 is 11.6 Å². The van der Waals surface area contributed by atoms with Gasteiger partial charge in [-0.05, 0) is 19.1 Å². The highest BCUT2D eigenvalue weighted by Crippen LogP contribution is 2.20. The lowest BCUT2D eigenvalue weighted by molar-refractivity contribution is 0.0542. The van der Waals surface area contributed by atoms with E-state index in [1.54, 1.807) is 13.0 Å². The predicted octanol–water partition coefficient (Wildman–Crippen LogP) is 2.77. The Morgan fingerprint density at radius 3 is 3.00 bits per heavy atom. The molecule has 1 aromatic carbocycles. The molecule has 110 valence electrons. The van der Waals surface area contributed by atoms with Crippen molar-refractivity contribution < 1.29 is 13.9 Å². The normalized spacial score (nSPS) is 10.4. The SMILES string of the molecule is C=CCOC(=O)c1nnn(Cc2c(F)cccc2Cl)c1C. The number of aromatic nitrogens is 3. The van der Waals surface area contributed by atoms with Gasteiger partial charge < -0.3 is 4.74 Å². The van der Waals surface area contributed by atoms with E-state index in [2.05, 4.69) is 16.9 Å². The molecule has 7 heteroatoms. The van der Waals surface area contributed by atoms with E-state index in [0.717, 1.165) is 0 Å². The number of hydrogen-bond donors (Lipinski definition) is 0. The molecule has 21 heavy (non-hydrogen) atoms. The van der Waals surface area contributed by atoms with Crippen LogP contribution in [0.3, 0.4) is 0 Å². The first-order valence-electron chi connectivity index (χ1n) is 6.15. The molecule has 0 saturated heterocycles. The van der Waals surface area contributed by atoms with Crippen LogP contribution in [0, 0.1) is 12.7 Å². The Hall–Kier alpha value is -2.21. The first-order chi connectivity index (χ1) is 10.0. The number of esters is 1. The highest BCUT2D eigenvalue weighted by Gasteiger charge is 2.19. The maximum atomic E-state index is 13.8. The Balaban J connectivity index is 2.25. The number of nitrogens with zero attached hydrogens (tertiary/aromatic N) is 3. The van der Waals surface area contributed by atoms with Crippen LogP contribution in [-0.4, -0.2) is 27.6 Å². The lowest BCUT2D eigenvalue weighted by Gasteiger charge is -2.07. The molecular weight excluding hydrogens is 297 g/mol. The van der Waals surface area contributed by atoms with Gasteiger partial charge in [0.15, 0.2) is 5.69 Å². The molecule has 0 aliphatic heterocycles. The number of halogens is 2. The summed E-state index contributed by atoms with van der Waals surface area (Å²) in [5.74, 6) is -1.04. The third-order valence-electron chi connectivity index (χ3n) is 2.88. The van der Waals surface area contributed by atoms with Gasteiger partial charge in [0, 0.05) is 10.6 Å². The van der Waals surface area contributed by atoms with Gasteiger partial charge in [-0.3, -0.25) is 0 Å². The van der Waals surface area contributed by atoms with E-state index in [-0.39, 0.29) is 24.4 Å². The Bertz CT molecular complexity index is 665. The molecule has 0 bridgehead atoms. The Morgan fingerprint density at radius 2 is 2.33 bits per heavy atom. The molecule has 5 nitrogen and oxygen atoms in total. The molecule has 0 aliphatic rings. The van der Waals surface area contributed by atoms with Gasteiger partial charge in [-0.2, -0.15) is 0 Å². The lowest BCUT2D eigenvalue weighted by Crippen LogP contribution is -2.10. The zero-order chi connectivity index (χ0) is 15.4. The number of rotatable bonds is 5. The van der Waals surface area contributed by atoms with Gasteiger partial charge in [0.05, 0.1) is 12.2 Å². The summed E-state index contributed by atoms with van der Waals surface area (Å²) in [5, 5.41) is 7.89. The zero-order valence-corrected chi connectivity index (χ0v) is 12.1. The lowest BCUT2D eigenvalue weighted by atomic mass is 10.2. The molecule has 1 aromatic heterocycles. The van der Waals surface area contributed by atoms with Crippen LogP contribution in [0.4, 0.5) is 4.39 Å². The average molecular weight is 310 g/mol. The molecule has 2 aromatic rings. The van der Waals surface area contributed by atoms with E-state index in [9.17, 15) is 9.18 Å². The number of hydrogen-bond acceptors (Lipinski definition) is 4. The molecule has 0 radical (unpaired) electrons. The van der Waals surface area contributed by atoms with Gasteiger partial charge >= 0.3 is 5.97 Å². The van der Waals surface area contributed by atoms with Crippen LogP contribution in [0.25, 0.3) is 0 Å². The van der Waals surface area contributed by atoms with Crippen molar-refractivity contribution in [2.45, 2.75) is 13.5 Å². The van der Waals surface area contributed by atoms with E-state index in [0.29, 0.717) is 10.7 Å². The molecule has 0 atom stereocenters. The fourth-order valence-electron chi connectivity index (χ4n) is 1.74.